The summed E-state index contributed by atoms with van der Waals surface area (Å²) in [6.07, 6.45) is 0. The fourth-order valence-electron chi connectivity index (χ4n) is 6.71. The summed E-state index contributed by atoms with van der Waals surface area (Å²) >= 11 is 0. The van der Waals surface area contributed by atoms with E-state index in [1.807, 2.05) is 0 Å². The predicted octanol–water partition coefficient (Wildman–Crippen LogP) is 11.4. The highest BCUT2D eigenvalue weighted by atomic mass is 14.9. The molecule has 2 heteroatoms. The molecule has 0 aliphatic heterocycles. The van der Waals surface area contributed by atoms with E-state index in [9.17, 15) is 0 Å². The average Bonchev–Trinajstić information content (AvgIpc) is 2.95. The number of hydrogen-bond acceptors (Lipinski definition) is 2. The summed E-state index contributed by atoms with van der Waals surface area (Å²) in [4.78, 5) is 0. The zero-order valence-corrected chi connectivity index (χ0v) is 27.6. The Morgan fingerprint density at radius 3 is 1.42 bits per heavy atom. The monoisotopic (exact) mass is 566 g/mol. The van der Waals surface area contributed by atoms with Crippen molar-refractivity contribution >= 4 is 22.7 Å². The molecule has 1 unspecified atom stereocenters. The lowest BCUT2D eigenvalue weighted by Gasteiger charge is -2.26. The lowest BCUT2D eigenvalue weighted by Crippen LogP contribution is -2.10. The second kappa shape index (κ2) is 12.1. The van der Waals surface area contributed by atoms with E-state index in [1.165, 1.54) is 83.7 Å². The number of rotatable bonds is 7. The first kappa shape index (κ1) is 30.2. The van der Waals surface area contributed by atoms with Gasteiger partial charge in [-0.15, -0.1) is 0 Å². The van der Waals surface area contributed by atoms with Gasteiger partial charge in [-0.05, 0) is 160 Å². The molecule has 0 aromatic heterocycles. The summed E-state index contributed by atoms with van der Waals surface area (Å²) in [6, 6.07) is 29.3. The standard InChI is InChI=1S/C41H46N2/c1-24-19-29(6)40(30(7)20-24)42-34-15-17-37(27(4)22-34)39(36-14-12-11-13-25(36)2)38-18-16-35(23-28(38)5)43-41-31(8)21-26(3)32(9)33(41)10/h11-23,39,42-43H,1-10H3. The highest BCUT2D eigenvalue weighted by molar-refractivity contribution is 5.71. The third-order valence-corrected chi connectivity index (χ3v) is 9.23. The number of hydrogen-bond donors (Lipinski definition) is 2. The van der Waals surface area contributed by atoms with Crippen molar-refractivity contribution in [3.63, 3.8) is 0 Å². The van der Waals surface area contributed by atoms with Crippen LogP contribution in [0.1, 0.15) is 78.2 Å². The molecule has 0 amide bonds. The van der Waals surface area contributed by atoms with Crippen molar-refractivity contribution in [2.75, 3.05) is 10.6 Å². The number of aryl methyl sites for hydroxylation is 8. The third-order valence-electron chi connectivity index (χ3n) is 9.23. The van der Waals surface area contributed by atoms with Crippen LogP contribution in [0.15, 0.2) is 78.9 Å². The van der Waals surface area contributed by atoms with Crippen molar-refractivity contribution in [3.8, 4) is 0 Å². The summed E-state index contributed by atoms with van der Waals surface area (Å²) in [7, 11) is 0. The number of anilines is 4. The Morgan fingerprint density at radius 1 is 0.395 bits per heavy atom. The van der Waals surface area contributed by atoms with E-state index in [2.05, 4.69) is 159 Å². The van der Waals surface area contributed by atoms with Crippen LogP contribution >= 0.6 is 0 Å². The van der Waals surface area contributed by atoms with E-state index in [-0.39, 0.29) is 5.92 Å². The molecule has 5 rings (SSSR count). The van der Waals surface area contributed by atoms with E-state index in [1.54, 1.807) is 0 Å². The van der Waals surface area contributed by atoms with E-state index in [0.717, 1.165) is 11.4 Å². The van der Waals surface area contributed by atoms with Gasteiger partial charge in [0.05, 0.1) is 0 Å². The van der Waals surface area contributed by atoms with Crippen LogP contribution in [0, 0.1) is 69.2 Å². The Balaban J connectivity index is 1.54. The minimum absolute atomic E-state index is 0.136. The van der Waals surface area contributed by atoms with Crippen molar-refractivity contribution in [1.29, 1.82) is 0 Å². The van der Waals surface area contributed by atoms with Crippen molar-refractivity contribution in [1.82, 2.24) is 0 Å². The largest absolute Gasteiger partial charge is 0.355 e. The van der Waals surface area contributed by atoms with Gasteiger partial charge in [-0.3, -0.25) is 0 Å². The molecule has 0 spiro atoms. The molecule has 43 heavy (non-hydrogen) atoms. The molecule has 1 atom stereocenters. The lowest BCUT2D eigenvalue weighted by molar-refractivity contribution is 0.938. The van der Waals surface area contributed by atoms with Gasteiger partial charge >= 0.3 is 0 Å². The van der Waals surface area contributed by atoms with Gasteiger partial charge in [-0.2, -0.15) is 0 Å². The Morgan fingerprint density at radius 2 is 0.884 bits per heavy atom. The molecule has 220 valence electrons. The van der Waals surface area contributed by atoms with Crippen molar-refractivity contribution in [3.05, 3.63) is 151 Å². The Kier molecular flexibility index (Phi) is 8.51. The van der Waals surface area contributed by atoms with E-state index >= 15 is 0 Å². The van der Waals surface area contributed by atoms with Crippen LogP contribution in [0.25, 0.3) is 0 Å². The summed E-state index contributed by atoms with van der Waals surface area (Å²) in [6.45, 7) is 22.1. The molecule has 5 aromatic carbocycles. The minimum atomic E-state index is 0.136. The van der Waals surface area contributed by atoms with E-state index in [0.29, 0.717) is 0 Å². The van der Waals surface area contributed by atoms with E-state index in [4.69, 9.17) is 0 Å². The van der Waals surface area contributed by atoms with Gasteiger partial charge in [0.2, 0.25) is 0 Å². The van der Waals surface area contributed by atoms with Gasteiger partial charge in [-0.1, -0.05) is 60.2 Å². The maximum atomic E-state index is 3.75. The minimum Gasteiger partial charge on any atom is -0.355 e. The maximum absolute atomic E-state index is 3.75. The molecular formula is C41H46N2. The van der Waals surface area contributed by atoms with Gasteiger partial charge in [0.1, 0.15) is 0 Å². The zero-order chi connectivity index (χ0) is 31.0. The second-order valence-electron chi connectivity index (χ2n) is 12.6. The van der Waals surface area contributed by atoms with Crippen LogP contribution < -0.4 is 10.6 Å². The molecule has 0 aliphatic carbocycles. The smallest absolute Gasteiger partial charge is 0.0446 e. The van der Waals surface area contributed by atoms with Gasteiger partial charge in [0.15, 0.2) is 0 Å². The van der Waals surface area contributed by atoms with Gasteiger partial charge in [-0.25, -0.2) is 0 Å². The summed E-state index contributed by atoms with van der Waals surface area (Å²) in [5.41, 5.74) is 21.7. The van der Waals surface area contributed by atoms with E-state index < -0.39 is 0 Å². The average molecular weight is 567 g/mol. The molecule has 2 nitrogen and oxygen atoms in total. The molecule has 5 aromatic rings. The zero-order valence-electron chi connectivity index (χ0n) is 27.6. The number of nitrogens with one attached hydrogen (secondary N) is 2. The SMILES string of the molecule is Cc1cc(C)c(Nc2ccc(C(c3ccccc3C)c3ccc(Nc4c(C)cc(C)c(C)c4C)cc3C)c(C)c2)c(C)c1. The summed E-state index contributed by atoms with van der Waals surface area (Å²) in [5, 5.41) is 7.47. The van der Waals surface area contributed by atoms with Crippen molar-refractivity contribution in [2.24, 2.45) is 0 Å². The van der Waals surface area contributed by atoms with Gasteiger partial charge in [0, 0.05) is 28.7 Å². The first-order chi connectivity index (χ1) is 20.4. The molecule has 0 saturated heterocycles. The molecule has 0 aliphatic rings. The second-order valence-corrected chi connectivity index (χ2v) is 12.6. The highest BCUT2D eigenvalue weighted by Crippen LogP contribution is 2.40. The van der Waals surface area contributed by atoms with Crippen LogP contribution in [-0.2, 0) is 0 Å². The molecule has 0 heterocycles. The molecular weight excluding hydrogens is 520 g/mol. The molecule has 0 fully saturated rings. The maximum Gasteiger partial charge on any atom is 0.0446 e. The summed E-state index contributed by atoms with van der Waals surface area (Å²) in [5.74, 6) is 0.136. The van der Waals surface area contributed by atoms with Gasteiger partial charge in [0.25, 0.3) is 0 Å². The predicted molar refractivity (Wildman–Crippen MR) is 187 cm³/mol. The van der Waals surface area contributed by atoms with Crippen LogP contribution in [0.2, 0.25) is 0 Å². The fraction of sp³-hybridized carbons (Fsp3) is 0.268. The van der Waals surface area contributed by atoms with Crippen LogP contribution in [-0.4, -0.2) is 0 Å². The molecule has 0 bridgehead atoms. The Labute approximate surface area is 259 Å². The molecule has 0 saturated carbocycles. The number of benzene rings is 5. The molecule has 2 N–H and O–H groups in total. The Bertz CT molecular complexity index is 1800. The normalized spacial score (nSPS) is 11.9. The Hall–Kier alpha value is -4.30. The first-order valence-corrected chi connectivity index (χ1v) is 15.4. The van der Waals surface area contributed by atoms with Gasteiger partial charge < -0.3 is 10.6 Å². The lowest BCUT2D eigenvalue weighted by atomic mass is 9.79. The fourth-order valence-corrected chi connectivity index (χ4v) is 6.71. The van der Waals surface area contributed by atoms with Crippen LogP contribution in [0.4, 0.5) is 22.7 Å². The first-order valence-electron chi connectivity index (χ1n) is 15.4. The van der Waals surface area contributed by atoms with Crippen LogP contribution in [0.3, 0.4) is 0 Å². The topological polar surface area (TPSA) is 24.1 Å². The third kappa shape index (κ3) is 6.11. The quantitative estimate of drug-likeness (QED) is 0.191. The summed E-state index contributed by atoms with van der Waals surface area (Å²) < 4.78 is 0. The van der Waals surface area contributed by atoms with Crippen LogP contribution in [0.5, 0.6) is 0 Å². The highest BCUT2D eigenvalue weighted by Gasteiger charge is 2.23. The van der Waals surface area contributed by atoms with Crippen molar-refractivity contribution in [2.45, 2.75) is 75.2 Å². The molecule has 0 radical (unpaired) electrons. The van der Waals surface area contributed by atoms with Crippen molar-refractivity contribution < 1.29 is 0 Å².